The van der Waals surface area contributed by atoms with Gasteiger partial charge in [0.25, 0.3) is 5.56 Å². The molecule has 0 fully saturated rings. The third-order valence-electron chi connectivity index (χ3n) is 4.91. The summed E-state index contributed by atoms with van der Waals surface area (Å²) in [6, 6.07) is 17.6. The molecule has 0 saturated heterocycles. The van der Waals surface area contributed by atoms with Gasteiger partial charge in [-0.1, -0.05) is 54.6 Å². The average Bonchev–Trinajstić information content (AvgIpc) is 2.66. The average molecular weight is 366 g/mol. The van der Waals surface area contributed by atoms with Gasteiger partial charge in [0.05, 0.1) is 13.1 Å². The number of nitrogens with one attached hydrogen (secondary N) is 1. The summed E-state index contributed by atoms with van der Waals surface area (Å²) in [7, 11) is 0. The van der Waals surface area contributed by atoms with Crippen LogP contribution in [-0.4, -0.2) is 21.2 Å². The normalized spacial score (nSPS) is 16.2. The fourth-order valence-corrected chi connectivity index (χ4v) is 3.88. The zero-order chi connectivity index (χ0) is 18.1. The summed E-state index contributed by atoms with van der Waals surface area (Å²) in [6.45, 7) is 1.28. The third-order valence-corrected chi connectivity index (χ3v) is 5.23. The Labute approximate surface area is 156 Å². The van der Waals surface area contributed by atoms with E-state index in [0.717, 1.165) is 24.1 Å². The van der Waals surface area contributed by atoms with Crippen molar-refractivity contribution in [3.8, 4) is 5.88 Å². The minimum absolute atomic E-state index is 0.0550. The van der Waals surface area contributed by atoms with Crippen LogP contribution in [0.5, 0.6) is 5.88 Å². The van der Waals surface area contributed by atoms with Crippen LogP contribution in [0.2, 0.25) is 0 Å². The Kier molecular flexibility index (Phi) is 4.44. The topological polar surface area (TPSA) is 74.6 Å². The van der Waals surface area contributed by atoms with Crippen molar-refractivity contribution in [3.05, 3.63) is 92.0 Å². The van der Waals surface area contributed by atoms with Gasteiger partial charge in [-0.25, -0.2) is 0 Å². The maximum absolute atomic E-state index is 12.7. The highest BCUT2D eigenvalue weighted by Crippen LogP contribution is 2.28. The van der Waals surface area contributed by atoms with E-state index in [1.807, 2.05) is 48.5 Å². The molecule has 0 amide bonds. The van der Waals surface area contributed by atoms with E-state index in [1.54, 1.807) is 4.57 Å². The fourth-order valence-electron chi connectivity index (χ4n) is 3.64. The number of benzene rings is 2. The summed E-state index contributed by atoms with van der Waals surface area (Å²) in [4.78, 5) is 15.4. The summed E-state index contributed by atoms with van der Waals surface area (Å²) < 4.78 is 1.82. The number of fused-ring (bicyclic) bond motifs is 1. The fraction of sp³-hybridized carbons (Fsp3) is 0.200. The molecule has 2 heterocycles. The van der Waals surface area contributed by atoms with Crippen LogP contribution in [0.3, 0.4) is 0 Å². The third kappa shape index (κ3) is 2.98. The summed E-state index contributed by atoms with van der Waals surface area (Å²) in [5, 5.41) is 13.0. The summed E-state index contributed by atoms with van der Waals surface area (Å²) in [6.07, 6.45) is 0.953. The molecule has 0 aliphatic carbocycles. The molecule has 1 aliphatic rings. The Morgan fingerprint density at radius 1 is 1.15 bits per heavy atom. The minimum atomic E-state index is -0.324. The molecule has 0 bridgehead atoms. The summed E-state index contributed by atoms with van der Waals surface area (Å²) >= 11 is 5.30. The molecule has 0 saturated carbocycles. The zero-order valence-electron chi connectivity index (χ0n) is 14.2. The van der Waals surface area contributed by atoms with Gasteiger partial charge in [0, 0.05) is 12.0 Å². The Morgan fingerprint density at radius 3 is 2.69 bits per heavy atom. The molecular formula is C20H20N3O2S+. The van der Waals surface area contributed by atoms with Crippen molar-refractivity contribution in [2.45, 2.75) is 19.0 Å². The van der Waals surface area contributed by atoms with Crippen LogP contribution in [-0.2, 0) is 13.0 Å². The Hall–Kier alpha value is -2.70. The molecule has 1 aromatic heterocycles. The molecule has 1 atom stereocenters. The summed E-state index contributed by atoms with van der Waals surface area (Å²) in [5.41, 5.74) is 3.33. The number of nitrogens with two attached hydrogens (primary N) is 1. The molecule has 132 valence electrons. The molecule has 5 nitrogen and oxygen atoms in total. The van der Waals surface area contributed by atoms with Crippen LogP contribution in [0, 0.1) is 4.77 Å². The van der Waals surface area contributed by atoms with Crippen LogP contribution < -0.4 is 10.9 Å². The maximum Gasteiger partial charge on any atom is 0.265 e. The Bertz CT molecular complexity index is 1060. The first kappa shape index (κ1) is 16.8. The van der Waals surface area contributed by atoms with Crippen molar-refractivity contribution in [2.75, 3.05) is 6.54 Å². The van der Waals surface area contributed by atoms with E-state index < -0.39 is 0 Å². The first-order valence-electron chi connectivity index (χ1n) is 8.66. The lowest BCUT2D eigenvalue weighted by Gasteiger charge is -2.24. The number of rotatable bonds is 3. The highest BCUT2D eigenvalue weighted by molar-refractivity contribution is 7.71. The molecular weight excluding hydrogens is 346 g/mol. The van der Waals surface area contributed by atoms with E-state index in [9.17, 15) is 9.90 Å². The largest absolute Gasteiger partial charge is 0.494 e. The second-order valence-electron chi connectivity index (χ2n) is 6.52. The van der Waals surface area contributed by atoms with Gasteiger partial charge >= 0.3 is 0 Å². The quantitative estimate of drug-likeness (QED) is 0.620. The Balaban J connectivity index is 1.85. The lowest BCUT2D eigenvalue weighted by molar-refractivity contribution is -0.690. The van der Waals surface area contributed by atoms with Crippen molar-refractivity contribution >= 4 is 12.2 Å². The molecule has 0 unspecified atom stereocenters. The van der Waals surface area contributed by atoms with Crippen LogP contribution >= 0.6 is 12.2 Å². The Morgan fingerprint density at radius 2 is 1.88 bits per heavy atom. The highest BCUT2D eigenvalue weighted by atomic mass is 32.1. The van der Waals surface area contributed by atoms with Gasteiger partial charge in [-0.2, -0.15) is 0 Å². The first-order chi connectivity index (χ1) is 12.6. The summed E-state index contributed by atoms with van der Waals surface area (Å²) in [5.74, 6) is -0.0550. The number of nitrogens with zero attached hydrogens (tertiary/aromatic N) is 1. The van der Waals surface area contributed by atoms with Crippen LogP contribution in [0.25, 0.3) is 0 Å². The van der Waals surface area contributed by atoms with E-state index in [4.69, 9.17) is 12.2 Å². The number of H-pyrrole nitrogens is 1. The van der Waals surface area contributed by atoms with Crippen LogP contribution in [0.4, 0.5) is 0 Å². The molecule has 1 aliphatic heterocycles. The van der Waals surface area contributed by atoms with E-state index in [0.29, 0.717) is 12.1 Å². The number of aromatic nitrogens is 2. The van der Waals surface area contributed by atoms with Crippen molar-refractivity contribution in [1.82, 2.24) is 9.55 Å². The molecule has 0 radical (unpaired) electrons. The van der Waals surface area contributed by atoms with Crippen molar-refractivity contribution in [2.24, 2.45) is 0 Å². The smallest absolute Gasteiger partial charge is 0.265 e. The van der Waals surface area contributed by atoms with Gasteiger partial charge in [0.15, 0.2) is 4.77 Å². The van der Waals surface area contributed by atoms with Crippen LogP contribution in [0.15, 0.2) is 59.4 Å². The molecule has 4 N–H and O–H groups in total. The van der Waals surface area contributed by atoms with Gasteiger partial charge < -0.3 is 10.4 Å². The number of aromatic amines is 1. The first-order valence-corrected chi connectivity index (χ1v) is 9.07. The zero-order valence-corrected chi connectivity index (χ0v) is 15.0. The maximum atomic E-state index is 12.7. The van der Waals surface area contributed by atoms with E-state index in [2.05, 4.69) is 16.4 Å². The van der Waals surface area contributed by atoms with Gasteiger partial charge in [-0.15, -0.1) is 0 Å². The molecule has 2 aromatic carbocycles. The highest BCUT2D eigenvalue weighted by Gasteiger charge is 2.31. The number of hydrogen-bond acceptors (Lipinski definition) is 3. The lowest BCUT2D eigenvalue weighted by Crippen LogP contribution is -2.87. The second-order valence-corrected chi connectivity index (χ2v) is 6.91. The second kappa shape index (κ2) is 6.90. The van der Waals surface area contributed by atoms with E-state index in [-0.39, 0.29) is 22.3 Å². The molecule has 26 heavy (non-hydrogen) atoms. The van der Waals surface area contributed by atoms with Crippen molar-refractivity contribution < 1.29 is 10.4 Å². The van der Waals surface area contributed by atoms with Crippen molar-refractivity contribution in [3.63, 3.8) is 0 Å². The van der Waals surface area contributed by atoms with Gasteiger partial charge in [-0.05, 0) is 23.3 Å². The van der Waals surface area contributed by atoms with Gasteiger partial charge in [0.1, 0.15) is 11.6 Å². The van der Waals surface area contributed by atoms with Gasteiger partial charge in [-0.3, -0.25) is 14.3 Å². The molecule has 4 rings (SSSR count). The molecule has 6 heteroatoms. The molecule has 0 spiro atoms. The predicted octanol–water partition coefficient (Wildman–Crippen LogP) is 1.87. The molecule has 3 aromatic rings. The van der Waals surface area contributed by atoms with E-state index in [1.165, 1.54) is 5.56 Å². The SMILES string of the molecule is O=c1[nH]c(=S)n(Cc2ccccc2)c(O)c1[C@@H]1[NH2+]CCc2ccccc21. The lowest BCUT2D eigenvalue weighted by atomic mass is 9.91. The standard InChI is InChI=1S/C20H19N3O2S/c24-18-16(17-15-9-5-4-8-14(15)10-11-21-17)19(25)23(20(26)22-18)12-13-6-2-1-3-7-13/h1-9,17,21,25H,10-12H2,(H,22,24,26)/p+1/t17-/m1/s1. The number of quaternary nitrogens is 1. The van der Waals surface area contributed by atoms with Crippen molar-refractivity contribution in [1.29, 1.82) is 0 Å². The number of hydrogen-bond donors (Lipinski definition) is 3. The van der Waals surface area contributed by atoms with E-state index >= 15 is 0 Å². The minimum Gasteiger partial charge on any atom is -0.494 e. The monoisotopic (exact) mass is 366 g/mol. The van der Waals surface area contributed by atoms with Crippen LogP contribution in [0.1, 0.15) is 28.3 Å². The van der Waals surface area contributed by atoms with Gasteiger partial charge in [0.2, 0.25) is 5.88 Å². The predicted molar refractivity (Wildman–Crippen MR) is 102 cm³/mol. The number of aromatic hydroxyl groups is 1.